The van der Waals surface area contributed by atoms with Crippen LogP contribution < -0.4 is 10.6 Å². The lowest BCUT2D eigenvalue weighted by Crippen LogP contribution is -2.26. The molecule has 5 nitrogen and oxygen atoms in total. The molecule has 0 aliphatic carbocycles. The summed E-state index contributed by atoms with van der Waals surface area (Å²) in [6.45, 7) is 0.406. The van der Waals surface area contributed by atoms with Gasteiger partial charge in [-0.05, 0) is 12.1 Å². The molecular weight excluding hydrogens is 204 g/mol. The molecule has 0 aromatic heterocycles. The summed E-state index contributed by atoms with van der Waals surface area (Å²) in [5.74, 6) is 0. The van der Waals surface area contributed by atoms with E-state index >= 15 is 0 Å². The zero-order valence-electron chi connectivity index (χ0n) is 7.51. The number of hydrogen-bond donors (Lipinski definition) is 2. The van der Waals surface area contributed by atoms with Gasteiger partial charge < -0.3 is 5.73 Å². The Morgan fingerprint density at radius 3 is 2.50 bits per heavy atom. The lowest BCUT2D eigenvalue weighted by Gasteiger charge is -2.05. The van der Waals surface area contributed by atoms with Crippen molar-refractivity contribution < 1.29 is 13.3 Å². The molecule has 6 heteroatoms. The summed E-state index contributed by atoms with van der Waals surface area (Å²) < 4.78 is 22.9. The van der Waals surface area contributed by atoms with Crippen LogP contribution in [0.25, 0.3) is 0 Å². The Balaban J connectivity index is 2.67. The van der Waals surface area contributed by atoms with Crippen molar-refractivity contribution in [3.05, 3.63) is 30.3 Å². The maximum Gasteiger partial charge on any atom is 0.262 e. The van der Waals surface area contributed by atoms with Gasteiger partial charge in [0.15, 0.2) is 0 Å². The van der Waals surface area contributed by atoms with Gasteiger partial charge in [-0.1, -0.05) is 23.1 Å². The van der Waals surface area contributed by atoms with E-state index in [9.17, 15) is 8.42 Å². The first-order valence-electron chi connectivity index (χ1n) is 4.05. The Morgan fingerprint density at radius 2 is 1.93 bits per heavy atom. The molecule has 0 bridgehead atoms. The molecule has 1 aromatic carbocycles. The molecule has 0 aliphatic rings. The van der Waals surface area contributed by atoms with Gasteiger partial charge in [-0.15, -0.1) is 0 Å². The van der Waals surface area contributed by atoms with Gasteiger partial charge in [0.25, 0.3) is 10.0 Å². The minimum atomic E-state index is -3.56. The van der Waals surface area contributed by atoms with E-state index in [0.29, 0.717) is 0 Å². The smallest absolute Gasteiger partial charge is 0.262 e. The third kappa shape index (κ3) is 3.08. The molecule has 1 aromatic rings. The zero-order valence-corrected chi connectivity index (χ0v) is 8.33. The molecule has 0 atom stereocenters. The molecule has 0 aliphatic heterocycles. The molecule has 0 spiro atoms. The number of nitrogens with one attached hydrogen (secondary N) is 1. The van der Waals surface area contributed by atoms with Gasteiger partial charge in [0.2, 0.25) is 0 Å². The van der Waals surface area contributed by atoms with Gasteiger partial charge in [0.1, 0.15) is 0 Å². The summed E-state index contributed by atoms with van der Waals surface area (Å²) in [5.41, 5.74) is 5.14. The maximum atomic E-state index is 11.4. The summed E-state index contributed by atoms with van der Waals surface area (Å²) >= 11 is 0. The van der Waals surface area contributed by atoms with Crippen LogP contribution in [0, 0.1) is 0 Å². The number of nitrogens with two attached hydrogens (primary N) is 1. The van der Waals surface area contributed by atoms with Crippen LogP contribution in [0.2, 0.25) is 0 Å². The van der Waals surface area contributed by atoms with Crippen molar-refractivity contribution in [2.45, 2.75) is 4.90 Å². The molecule has 0 heterocycles. The maximum absolute atomic E-state index is 11.4. The van der Waals surface area contributed by atoms with E-state index in [2.05, 4.69) is 4.84 Å². The van der Waals surface area contributed by atoms with Gasteiger partial charge in [-0.3, -0.25) is 4.84 Å². The molecule has 0 saturated heterocycles. The van der Waals surface area contributed by atoms with Crippen molar-refractivity contribution in [2.75, 3.05) is 13.2 Å². The predicted octanol–water partition coefficient (Wildman–Crippen LogP) is -0.145. The van der Waals surface area contributed by atoms with Crippen molar-refractivity contribution >= 4 is 10.0 Å². The van der Waals surface area contributed by atoms with Gasteiger partial charge in [-0.25, -0.2) is 8.42 Å². The minimum absolute atomic E-state index is 0.145. The molecule has 0 amide bonds. The van der Waals surface area contributed by atoms with E-state index in [1.54, 1.807) is 18.2 Å². The highest BCUT2D eigenvalue weighted by Gasteiger charge is 2.12. The minimum Gasteiger partial charge on any atom is -0.328 e. The summed E-state index contributed by atoms with van der Waals surface area (Å²) in [4.78, 5) is 6.77. The second-order valence-electron chi connectivity index (χ2n) is 2.54. The summed E-state index contributed by atoms with van der Waals surface area (Å²) in [7, 11) is -3.56. The quantitative estimate of drug-likeness (QED) is 0.530. The van der Waals surface area contributed by atoms with Gasteiger partial charge in [0.05, 0.1) is 11.5 Å². The molecule has 0 radical (unpaired) electrons. The second-order valence-corrected chi connectivity index (χ2v) is 4.18. The van der Waals surface area contributed by atoms with Crippen LogP contribution in [0.4, 0.5) is 0 Å². The normalized spacial score (nSPS) is 11.5. The molecular formula is C8H12N2O3S. The Hall–Kier alpha value is -0.950. The van der Waals surface area contributed by atoms with Crippen LogP contribution in [-0.4, -0.2) is 21.6 Å². The molecule has 0 fully saturated rings. The lowest BCUT2D eigenvalue weighted by atomic mass is 10.4. The van der Waals surface area contributed by atoms with Crippen LogP contribution in [0.15, 0.2) is 35.2 Å². The highest BCUT2D eigenvalue weighted by atomic mass is 32.2. The Kier molecular flexibility index (Phi) is 4.02. The fourth-order valence-electron chi connectivity index (χ4n) is 0.826. The monoisotopic (exact) mass is 216 g/mol. The topological polar surface area (TPSA) is 81.4 Å². The number of rotatable bonds is 5. The standard InChI is InChI=1S/C8H12N2O3S/c9-6-7-13-10-14(11,12)8-4-2-1-3-5-8/h1-5,10H,6-7,9H2. The zero-order chi connectivity index (χ0) is 10.4. The van der Waals surface area contributed by atoms with Gasteiger partial charge >= 0.3 is 0 Å². The number of hydrogen-bond acceptors (Lipinski definition) is 4. The SMILES string of the molecule is NCCONS(=O)(=O)c1ccccc1. The Labute approximate surface area is 82.9 Å². The molecule has 0 unspecified atom stereocenters. The molecule has 3 N–H and O–H groups in total. The highest BCUT2D eigenvalue weighted by molar-refractivity contribution is 7.89. The number of benzene rings is 1. The summed E-state index contributed by atoms with van der Waals surface area (Å²) in [6.07, 6.45) is 0. The molecule has 78 valence electrons. The van der Waals surface area contributed by atoms with Gasteiger partial charge in [-0.2, -0.15) is 0 Å². The van der Waals surface area contributed by atoms with Crippen molar-refractivity contribution in [1.82, 2.24) is 4.89 Å². The van der Waals surface area contributed by atoms with Crippen LogP contribution in [0.1, 0.15) is 0 Å². The third-order valence-corrected chi connectivity index (χ3v) is 2.67. The third-order valence-electron chi connectivity index (χ3n) is 1.44. The molecule has 14 heavy (non-hydrogen) atoms. The van der Waals surface area contributed by atoms with E-state index < -0.39 is 10.0 Å². The Morgan fingerprint density at radius 1 is 1.29 bits per heavy atom. The van der Waals surface area contributed by atoms with E-state index in [1.807, 2.05) is 4.89 Å². The van der Waals surface area contributed by atoms with E-state index in [-0.39, 0.29) is 18.0 Å². The van der Waals surface area contributed by atoms with Crippen LogP contribution >= 0.6 is 0 Å². The van der Waals surface area contributed by atoms with Crippen molar-refractivity contribution in [2.24, 2.45) is 5.73 Å². The van der Waals surface area contributed by atoms with Crippen LogP contribution in [0.3, 0.4) is 0 Å². The highest BCUT2D eigenvalue weighted by Crippen LogP contribution is 2.06. The van der Waals surface area contributed by atoms with Crippen molar-refractivity contribution in [1.29, 1.82) is 0 Å². The molecule has 1 rings (SSSR count). The van der Waals surface area contributed by atoms with Crippen molar-refractivity contribution in [3.8, 4) is 0 Å². The second kappa shape index (κ2) is 5.06. The fraction of sp³-hybridized carbons (Fsp3) is 0.250. The first-order chi connectivity index (χ1) is 6.67. The molecule has 0 saturated carbocycles. The Bertz CT molecular complexity index is 363. The predicted molar refractivity (Wildman–Crippen MR) is 51.8 cm³/mol. The average molecular weight is 216 g/mol. The average Bonchev–Trinajstić information content (AvgIpc) is 2.19. The van der Waals surface area contributed by atoms with E-state index in [1.165, 1.54) is 12.1 Å². The largest absolute Gasteiger partial charge is 0.328 e. The fourth-order valence-corrected chi connectivity index (χ4v) is 1.68. The van der Waals surface area contributed by atoms with Crippen LogP contribution in [0.5, 0.6) is 0 Å². The van der Waals surface area contributed by atoms with Crippen molar-refractivity contribution in [3.63, 3.8) is 0 Å². The summed E-state index contributed by atoms with van der Waals surface area (Å²) in [6, 6.07) is 7.97. The van der Waals surface area contributed by atoms with E-state index in [0.717, 1.165) is 0 Å². The first kappa shape index (κ1) is 11.1. The number of sulfonamides is 1. The van der Waals surface area contributed by atoms with Crippen LogP contribution in [-0.2, 0) is 14.9 Å². The summed E-state index contributed by atoms with van der Waals surface area (Å²) in [5, 5.41) is 0. The first-order valence-corrected chi connectivity index (χ1v) is 5.54. The van der Waals surface area contributed by atoms with Gasteiger partial charge in [0, 0.05) is 6.54 Å². The lowest BCUT2D eigenvalue weighted by molar-refractivity contribution is 0.100. The van der Waals surface area contributed by atoms with E-state index in [4.69, 9.17) is 5.73 Å².